The van der Waals surface area contributed by atoms with E-state index in [1.54, 1.807) is 17.0 Å². The van der Waals surface area contributed by atoms with Crippen molar-refractivity contribution in [2.75, 3.05) is 13.6 Å². The minimum atomic E-state index is 0.240. The van der Waals surface area contributed by atoms with Crippen LogP contribution in [0.2, 0.25) is 0 Å². The van der Waals surface area contributed by atoms with Crippen molar-refractivity contribution in [1.29, 1.82) is 0 Å². The molecular weight excluding hydrogens is 240 g/mol. The van der Waals surface area contributed by atoms with Gasteiger partial charge in [-0.05, 0) is 37.5 Å². The normalized spacial score (nSPS) is 21.5. The largest absolute Gasteiger partial charge is 0.508 e. The van der Waals surface area contributed by atoms with Gasteiger partial charge in [-0.2, -0.15) is 0 Å². The van der Waals surface area contributed by atoms with E-state index in [1.165, 1.54) is 5.56 Å². The maximum Gasteiger partial charge on any atom is 0.222 e. The van der Waals surface area contributed by atoms with E-state index in [-0.39, 0.29) is 5.91 Å². The van der Waals surface area contributed by atoms with Crippen molar-refractivity contribution >= 4 is 5.91 Å². The van der Waals surface area contributed by atoms with Crippen LogP contribution in [-0.2, 0) is 11.2 Å². The number of carbonyl (C=O) groups is 1. The average Bonchev–Trinajstić information content (AvgIpc) is 2.37. The van der Waals surface area contributed by atoms with Crippen LogP contribution in [0.3, 0.4) is 0 Å². The smallest absolute Gasteiger partial charge is 0.222 e. The number of likely N-dealkylation sites (N-methyl/N-ethyl adjacent to an activating group) is 1. The van der Waals surface area contributed by atoms with Crippen molar-refractivity contribution in [3.05, 3.63) is 29.8 Å². The summed E-state index contributed by atoms with van der Waals surface area (Å²) in [7, 11) is 1.86. The zero-order valence-electron chi connectivity index (χ0n) is 11.6. The van der Waals surface area contributed by atoms with Crippen molar-refractivity contribution in [1.82, 2.24) is 10.2 Å². The summed E-state index contributed by atoms with van der Waals surface area (Å²) in [4.78, 5) is 13.2. The summed E-state index contributed by atoms with van der Waals surface area (Å²) in [5, 5.41) is 12.8. The van der Waals surface area contributed by atoms with Crippen molar-refractivity contribution in [2.45, 2.75) is 38.3 Å². The molecule has 4 nitrogen and oxygen atoms in total. The summed E-state index contributed by atoms with van der Waals surface area (Å²) < 4.78 is 0. The number of rotatable bonds is 4. The van der Waals surface area contributed by atoms with Crippen LogP contribution < -0.4 is 5.32 Å². The Morgan fingerprint density at radius 2 is 2.11 bits per heavy atom. The quantitative estimate of drug-likeness (QED) is 0.865. The maximum atomic E-state index is 11.4. The number of phenolic OH excluding ortho intramolecular Hbond substituents is 1. The molecule has 0 radical (unpaired) electrons. The first-order valence-electron chi connectivity index (χ1n) is 6.82. The van der Waals surface area contributed by atoms with Gasteiger partial charge >= 0.3 is 0 Å². The molecule has 1 aromatic rings. The van der Waals surface area contributed by atoms with Gasteiger partial charge < -0.3 is 15.3 Å². The van der Waals surface area contributed by atoms with Crippen LogP contribution in [0.15, 0.2) is 24.3 Å². The Morgan fingerprint density at radius 3 is 2.74 bits per heavy atom. The highest BCUT2D eigenvalue weighted by molar-refractivity contribution is 5.76. The summed E-state index contributed by atoms with van der Waals surface area (Å²) in [5.41, 5.74) is 1.21. The van der Waals surface area contributed by atoms with Crippen LogP contribution >= 0.6 is 0 Å². The van der Waals surface area contributed by atoms with Gasteiger partial charge in [-0.3, -0.25) is 4.79 Å². The maximum absolute atomic E-state index is 11.4. The van der Waals surface area contributed by atoms with Gasteiger partial charge in [0.05, 0.1) is 0 Å². The fourth-order valence-electron chi connectivity index (χ4n) is 2.60. The molecule has 0 spiro atoms. The van der Waals surface area contributed by atoms with E-state index in [2.05, 4.69) is 12.2 Å². The molecule has 19 heavy (non-hydrogen) atoms. The number of aromatic hydroxyl groups is 1. The molecule has 1 amide bonds. The van der Waals surface area contributed by atoms with Crippen LogP contribution in [-0.4, -0.2) is 41.6 Å². The van der Waals surface area contributed by atoms with Gasteiger partial charge in [0.1, 0.15) is 5.75 Å². The number of likely N-dealkylation sites (tertiary alicyclic amines) is 1. The van der Waals surface area contributed by atoms with Gasteiger partial charge in [-0.1, -0.05) is 12.1 Å². The van der Waals surface area contributed by atoms with E-state index in [4.69, 9.17) is 0 Å². The van der Waals surface area contributed by atoms with E-state index in [9.17, 15) is 9.90 Å². The Labute approximate surface area is 114 Å². The molecule has 1 aliphatic heterocycles. The summed E-state index contributed by atoms with van der Waals surface area (Å²) >= 11 is 0. The molecule has 1 saturated heterocycles. The van der Waals surface area contributed by atoms with Gasteiger partial charge in [-0.15, -0.1) is 0 Å². The predicted molar refractivity (Wildman–Crippen MR) is 75.1 cm³/mol. The van der Waals surface area contributed by atoms with Crippen LogP contribution in [0.5, 0.6) is 5.75 Å². The lowest BCUT2D eigenvalue weighted by Gasteiger charge is -2.32. The van der Waals surface area contributed by atoms with Crippen LogP contribution in [0.4, 0.5) is 0 Å². The third-order valence-electron chi connectivity index (χ3n) is 3.63. The number of nitrogens with one attached hydrogen (secondary N) is 1. The monoisotopic (exact) mass is 262 g/mol. The van der Waals surface area contributed by atoms with E-state index in [1.807, 2.05) is 19.2 Å². The number of carbonyl (C=O) groups excluding carboxylic acids is 1. The van der Waals surface area contributed by atoms with Crippen LogP contribution in [0.25, 0.3) is 0 Å². The van der Waals surface area contributed by atoms with E-state index in [0.29, 0.717) is 24.3 Å². The molecule has 0 saturated carbocycles. The summed E-state index contributed by atoms with van der Waals surface area (Å²) in [6.07, 6.45) is 2.48. The third kappa shape index (κ3) is 3.96. The molecule has 2 rings (SSSR count). The second-order valence-corrected chi connectivity index (χ2v) is 5.45. The molecule has 0 aliphatic carbocycles. The van der Waals surface area contributed by atoms with E-state index < -0.39 is 0 Å². The van der Waals surface area contributed by atoms with Gasteiger partial charge in [0.15, 0.2) is 0 Å². The molecule has 104 valence electrons. The predicted octanol–water partition coefficient (Wildman–Crippen LogP) is 1.53. The number of piperidine rings is 1. The van der Waals surface area contributed by atoms with Crippen molar-refractivity contribution in [2.24, 2.45) is 0 Å². The van der Waals surface area contributed by atoms with Crippen molar-refractivity contribution < 1.29 is 9.90 Å². The summed E-state index contributed by atoms with van der Waals surface area (Å²) in [6, 6.07) is 8.07. The number of nitrogens with zero attached hydrogens (tertiary/aromatic N) is 1. The molecule has 2 atom stereocenters. The highest BCUT2D eigenvalue weighted by Gasteiger charge is 2.23. The lowest BCUT2D eigenvalue weighted by molar-refractivity contribution is -0.132. The molecule has 0 aromatic heterocycles. The molecule has 1 fully saturated rings. The van der Waals surface area contributed by atoms with E-state index in [0.717, 1.165) is 19.4 Å². The lowest BCUT2D eigenvalue weighted by atomic mass is 10.0. The number of phenols is 1. The molecule has 2 N–H and O–H groups in total. The Balaban J connectivity index is 1.82. The number of hydrogen-bond acceptors (Lipinski definition) is 3. The number of benzene rings is 1. The number of hydrogen-bond donors (Lipinski definition) is 2. The van der Waals surface area contributed by atoms with Gasteiger partial charge in [0.2, 0.25) is 5.91 Å². The minimum absolute atomic E-state index is 0.240. The highest BCUT2D eigenvalue weighted by Crippen LogP contribution is 2.13. The van der Waals surface area contributed by atoms with Crippen molar-refractivity contribution in [3.63, 3.8) is 0 Å². The van der Waals surface area contributed by atoms with Gasteiger partial charge in [0, 0.05) is 32.1 Å². The Morgan fingerprint density at radius 1 is 1.42 bits per heavy atom. The summed E-state index contributed by atoms with van der Waals surface area (Å²) in [5.74, 6) is 0.543. The molecule has 1 aliphatic rings. The Bertz CT molecular complexity index is 430. The topological polar surface area (TPSA) is 52.6 Å². The first-order chi connectivity index (χ1) is 9.04. The molecule has 4 heteroatoms. The van der Waals surface area contributed by atoms with Gasteiger partial charge in [-0.25, -0.2) is 0 Å². The van der Waals surface area contributed by atoms with Crippen LogP contribution in [0, 0.1) is 0 Å². The van der Waals surface area contributed by atoms with E-state index >= 15 is 0 Å². The average molecular weight is 262 g/mol. The zero-order chi connectivity index (χ0) is 13.8. The van der Waals surface area contributed by atoms with Gasteiger partial charge in [0.25, 0.3) is 0 Å². The molecular formula is C15H22N2O2. The number of amides is 1. The fraction of sp³-hybridized carbons (Fsp3) is 0.533. The SMILES string of the molecule is CC(Cc1ccc(O)cc1)NC1CCC(=O)N(C)C1. The first kappa shape index (κ1) is 13.9. The second-order valence-electron chi connectivity index (χ2n) is 5.45. The molecule has 1 aromatic carbocycles. The molecule has 2 unspecified atom stereocenters. The standard InChI is InChI=1S/C15H22N2O2/c1-11(9-12-3-6-14(18)7-4-12)16-13-5-8-15(19)17(2)10-13/h3-4,6-7,11,13,16,18H,5,8-10H2,1-2H3. The second kappa shape index (κ2) is 6.06. The lowest BCUT2D eigenvalue weighted by Crippen LogP contribution is -2.49. The molecule has 1 heterocycles. The molecule has 0 bridgehead atoms. The van der Waals surface area contributed by atoms with Crippen molar-refractivity contribution in [3.8, 4) is 5.75 Å². The highest BCUT2D eigenvalue weighted by atomic mass is 16.3. The first-order valence-corrected chi connectivity index (χ1v) is 6.82. The zero-order valence-corrected chi connectivity index (χ0v) is 11.6. The minimum Gasteiger partial charge on any atom is -0.508 e. The summed E-state index contributed by atoms with van der Waals surface area (Å²) in [6.45, 7) is 2.95. The Hall–Kier alpha value is -1.55. The fourth-order valence-corrected chi connectivity index (χ4v) is 2.60. The Kier molecular flexibility index (Phi) is 4.43. The third-order valence-corrected chi connectivity index (χ3v) is 3.63. The van der Waals surface area contributed by atoms with Crippen LogP contribution in [0.1, 0.15) is 25.3 Å².